The molecule has 4 nitrogen and oxygen atoms in total. The highest BCUT2D eigenvalue weighted by Gasteiger charge is 2.15. The van der Waals surface area contributed by atoms with E-state index in [1.54, 1.807) is 0 Å². The Morgan fingerprint density at radius 2 is 1.20 bits per heavy atom. The Morgan fingerprint density at radius 3 is 1.80 bits per heavy atom. The van der Waals surface area contributed by atoms with E-state index < -0.39 is 6.10 Å². The molecule has 4 rings (SSSR count). The van der Waals surface area contributed by atoms with Crippen LogP contribution in [0.25, 0.3) is 0 Å². The summed E-state index contributed by atoms with van der Waals surface area (Å²) in [5.74, 6) is 0.738. The summed E-state index contributed by atoms with van der Waals surface area (Å²) in [6, 6.07) is 38.6. The number of aliphatic hydroxyl groups excluding tert-OH is 1. The van der Waals surface area contributed by atoms with Crippen LogP contribution in [0.5, 0.6) is 5.75 Å². The van der Waals surface area contributed by atoms with Crippen LogP contribution in [0.3, 0.4) is 0 Å². The Morgan fingerprint density at radius 1 is 0.629 bits per heavy atom. The minimum Gasteiger partial charge on any atom is -0.491 e. The molecule has 0 aliphatic heterocycles. The molecule has 0 radical (unpaired) electrons. The third kappa shape index (κ3) is 8.37. The van der Waals surface area contributed by atoms with Crippen LogP contribution in [-0.4, -0.2) is 29.8 Å². The summed E-state index contributed by atoms with van der Waals surface area (Å²) in [5.41, 5.74) is 4.44. The van der Waals surface area contributed by atoms with E-state index in [0.717, 1.165) is 30.0 Å². The van der Waals surface area contributed by atoms with Gasteiger partial charge in [-0.1, -0.05) is 103 Å². The van der Waals surface area contributed by atoms with Gasteiger partial charge in [-0.3, -0.25) is 4.90 Å². The van der Waals surface area contributed by atoms with Crippen LogP contribution >= 0.6 is 0 Å². The molecule has 1 unspecified atom stereocenters. The molecule has 0 saturated carbocycles. The van der Waals surface area contributed by atoms with E-state index in [-0.39, 0.29) is 0 Å². The van der Waals surface area contributed by atoms with Gasteiger partial charge in [0.1, 0.15) is 12.4 Å². The lowest BCUT2D eigenvalue weighted by Gasteiger charge is -2.26. The van der Waals surface area contributed by atoms with E-state index in [2.05, 4.69) is 53.4 Å². The SMILES string of the molecule is OC(CN(Cc1ccccc1)Cc1ccccc1)c1cccc(OCCOCc2ccccc2)c1. The van der Waals surface area contributed by atoms with Crippen LogP contribution in [0.15, 0.2) is 115 Å². The zero-order valence-corrected chi connectivity index (χ0v) is 20.0. The predicted molar refractivity (Wildman–Crippen MR) is 140 cm³/mol. The van der Waals surface area contributed by atoms with E-state index >= 15 is 0 Å². The summed E-state index contributed by atoms with van der Waals surface area (Å²) in [7, 11) is 0. The molecule has 4 heteroatoms. The normalized spacial score (nSPS) is 11.9. The minimum atomic E-state index is -0.625. The lowest BCUT2D eigenvalue weighted by Crippen LogP contribution is -2.28. The van der Waals surface area contributed by atoms with E-state index in [0.29, 0.717) is 26.4 Å². The first-order chi connectivity index (χ1) is 17.3. The maximum absolute atomic E-state index is 11.1. The van der Waals surface area contributed by atoms with Crippen molar-refractivity contribution >= 4 is 0 Å². The average molecular weight is 468 g/mol. The molecule has 0 aliphatic carbocycles. The quantitative estimate of drug-likeness (QED) is 0.244. The van der Waals surface area contributed by atoms with Crippen molar-refractivity contribution in [1.82, 2.24) is 4.90 Å². The molecule has 180 valence electrons. The van der Waals surface area contributed by atoms with Gasteiger partial charge in [0.25, 0.3) is 0 Å². The summed E-state index contributed by atoms with van der Waals surface area (Å²) in [6.07, 6.45) is -0.625. The van der Waals surface area contributed by atoms with Gasteiger partial charge in [0.05, 0.1) is 19.3 Å². The molecule has 35 heavy (non-hydrogen) atoms. The zero-order valence-electron chi connectivity index (χ0n) is 20.0. The van der Waals surface area contributed by atoms with Crippen molar-refractivity contribution in [2.45, 2.75) is 25.8 Å². The van der Waals surface area contributed by atoms with Gasteiger partial charge >= 0.3 is 0 Å². The molecular weight excluding hydrogens is 434 g/mol. The number of rotatable bonds is 13. The third-order valence-electron chi connectivity index (χ3n) is 5.78. The number of hydrogen-bond donors (Lipinski definition) is 1. The van der Waals surface area contributed by atoms with Crippen molar-refractivity contribution in [3.8, 4) is 5.75 Å². The molecular formula is C31H33NO3. The fourth-order valence-corrected chi connectivity index (χ4v) is 4.01. The number of hydrogen-bond acceptors (Lipinski definition) is 4. The van der Waals surface area contributed by atoms with Gasteiger partial charge < -0.3 is 14.6 Å². The Hall–Kier alpha value is -3.44. The molecule has 0 spiro atoms. The van der Waals surface area contributed by atoms with Crippen molar-refractivity contribution in [2.75, 3.05) is 19.8 Å². The van der Waals surface area contributed by atoms with Crippen LogP contribution in [0.4, 0.5) is 0 Å². The molecule has 0 fully saturated rings. The van der Waals surface area contributed by atoms with Gasteiger partial charge in [0.2, 0.25) is 0 Å². The molecule has 1 N–H and O–H groups in total. The van der Waals surface area contributed by atoms with E-state index in [9.17, 15) is 5.11 Å². The molecule has 4 aromatic rings. The molecule has 4 aromatic carbocycles. The minimum absolute atomic E-state index is 0.459. The van der Waals surface area contributed by atoms with Gasteiger partial charge in [-0.15, -0.1) is 0 Å². The standard InChI is InChI=1S/C31H33NO3/c33-31(24-32(22-26-11-4-1-5-12-26)23-27-13-6-2-7-14-27)29-17-10-18-30(21-29)35-20-19-34-25-28-15-8-3-9-16-28/h1-18,21,31,33H,19-20,22-25H2. The number of nitrogens with zero attached hydrogens (tertiary/aromatic N) is 1. The molecule has 0 amide bonds. The molecule has 0 bridgehead atoms. The largest absolute Gasteiger partial charge is 0.491 e. The fourth-order valence-electron chi connectivity index (χ4n) is 4.01. The smallest absolute Gasteiger partial charge is 0.119 e. The molecule has 0 aromatic heterocycles. The second kappa shape index (κ2) is 13.4. The van der Waals surface area contributed by atoms with Gasteiger partial charge in [0, 0.05) is 19.6 Å². The molecule has 1 atom stereocenters. The molecule has 0 saturated heterocycles. The Bertz CT molecular complexity index is 1080. The van der Waals surface area contributed by atoms with E-state index in [1.165, 1.54) is 11.1 Å². The lowest BCUT2D eigenvalue weighted by atomic mass is 10.1. The highest BCUT2D eigenvalue weighted by Crippen LogP contribution is 2.22. The van der Waals surface area contributed by atoms with Gasteiger partial charge in [-0.25, -0.2) is 0 Å². The second-order valence-corrected chi connectivity index (χ2v) is 8.62. The van der Waals surface area contributed by atoms with E-state index in [4.69, 9.17) is 9.47 Å². The maximum atomic E-state index is 11.1. The van der Waals surface area contributed by atoms with Crippen LogP contribution in [0.2, 0.25) is 0 Å². The van der Waals surface area contributed by atoms with Gasteiger partial charge in [0.15, 0.2) is 0 Å². The van der Waals surface area contributed by atoms with Crippen LogP contribution < -0.4 is 4.74 Å². The first-order valence-electron chi connectivity index (χ1n) is 12.1. The Labute approximate surface area is 208 Å². The first kappa shape index (κ1) is 24.7. The number of aliphatic hydroxyl groups is 1. The second-order valence-electron chi connectivity index (χ2n) is 8.62. The van der Waals surface area contributed by atoms with Crippen molar-refractivity contribution in [1.29, 1.82) is 0 Å². The van der Waals surface area contributed by atoms with Crippen molar-refractivity contribution in [2.24, 2.45) is 0 Å². The highest BCUT2D eigenvalue weighted by molar-refractivity contribution is 5.30. The van der Waals surface area contributed by atoms with Crippen LogP contribution in [0, 0.1) is 0 Å². The van der Waals surface area contributed by atoms with Crippen molar-refractivity contribution in [3.05, 3.63) is 138 Å². The number of benzene rings is 4. The maximum Gasteiger partial charge on any atom is 0.119 e. The fraction of sp³-hybridized carbons (Fsp3) is 0.226. The highest BCUT2D eigenvalue weighted by atomic mass is 16.5. The summed E-state index contributed by atoms with van der Waals surface area (Å²) in [5, 5.41) is 11.1. The average Bonchev–Trinajstić information content (AvgIpc) is 2.90. The van der Waals surface area contributed by atoms with Gasteiger partial charge in [-0.05, 0) is 34.4 Å². The Balaban J connectivity index is 1.32. The lowest BCUT2D eigenvalue weighted by molar-refractivity contribution is 0.0883. The monoisotopic (exact) mass is 467 g/mol. The molecule has 0 heterocycles. The van der Waals surface area contributed by atoms with Crippen molar-refractivity contribution < 1.29 is 14.6 Å². The summed E-state index contributed by atoms with van der Waals surface area (Å²) >= 11 is 0. The Kier molecular flexibility index (Phi) is 9.48. The van der Waals surface area contributed by atoms with Crippen LogP contribution in [-0.2, 0) is 24.4 Å². The topological polar surface area (TPSA) is 41.9 Å². The predicted octanol–water partition coefficient (Wildman–Crippen LogP) is 6.02. The summed E-state index contributed by atoms with van der Waals surface area (Å²) in [6.45, 7) is 3.59. The summed E-state index contributed by atoms with van der Waals surface area (Å²) < 4.78 is 11.6. The third-order valence-corrected chi connectivity index (χ3v) is 5.78. The number of ether oxygens (including phenoxy) is 2. The van der Waals surface area contributed by atoms with Crippen LogP contribution in [0.1, 0.15) is 28.4 Å². The van der Waals surface area contributed by atoms with E-state index in [1.807, 2.05) is 66.7 Å². The first-order valence-corrected chi connectivity index (χ1v) is 12.1. The van der Waals surface area contributed by atoms with Crippen molar-refractivity contribution in [3.63, 3.8) is 0 Å². The molecule has 0 aliphatic rings. The zero-order chi connectivity index (χ0) is 24.1. The summed E-state index contributed by atoms with van der Waals surface area (Å²) in [4.78, 5) is 2.28. The van der Waals surface area contributed by atoms with Gasteiger partial charge in [-0.2, -0.15) is 0 Å².